The summed E-state index contributed by atoms with van der Waals surface area (Å²) in [5.41, 5.74) is 9.22. The first-order valence-electron chi connectivity index (χ1n) is 8.26. The molecule has 23 heavy (non-hydrogen) atoms. The lowest BCUT2D eigenvalue weighted by molar-refractivity contribution is -0.212. The molecule has 2 N–H and O–H groups in total. The van der Waals surface area contributed by atoms with Gasteiger partial charge in [0.1, 0.15) is 6.10 Å². The van der Waals surface area contributed by atoms with Crippen LogP contribution in [0, 0.1) is 5.92 Å². The van der Waals surface area contributed by atoms with Crippen LogP contribution in [-0.4, -0.2) is 12.1 Å². The largest absolute Gasteiger partial charge is 0.326 e. The minimum absolute atomic E-state index is 0.00298. The van der Waals surface area contributed by atoms with Crippen molar-refractivity contribution in [3.63, 3.8) is 0 Å². The molecule has 0 amide bonds. The zero-order valence-corrected chi connectivity index (χ0v) is 14.6. The number of benzene rings is 2. The first-order valence-corrected chi connectivity index (χ1v) is 8.26. The summed E-state index contributed by atoms with van der Waals surface area (Å²) in [7, 11) is 2.02. The van der Waals surface area contributed by atoms with E-state index < -0.39 is 0 Å². The second-order valence-corrected chi connectivity index (χ2v) is 6.34. The van der Waals surface area contributed by atoms with Gasteiger partial charge >= 0.3 is 0 Å². The molecule has 2 rings (SSSR count). The van der Waals surface area contributed by atoms with Crippen LogP contribution in [0.4, 0.5) is 0 Å². The van der Waals surface area contributed by atoms with Crippen LogP contribution in [0.3, 0.4) is 0 Å². The van der Waals surface area contributed by atoms with Gasteiger partial charge in [0, 0.05) is 13.6 Å². The van der Waals surface area contributed by atoms with E-state index in [2.05, 4.69) is 69.3 Å². The molecule has 0 heterocycles. The Morgan fingerprint density at radius 1 is 0.913 bits per heavy atom. The fourth-order valence-electron chi connectivity index (χ4n) is 2.97. The summed E-state index contributed by atoms with van der Waals surface area (Å²) in [5, 5.41) is 1.99. The van der Waals surface area contributed by atoms with Gasteiger partial charge < -0.3 is 5.73 Å². The third-order valence-electron chi connectivity index (χ3n) is 4.17. The number of nitrogens with zero attached hydrogens (tertiary/aromatic N) is 1. The van der Waals surface area contributed by atoms with E-state index in [0.717, 1.165) is 11.1 Å². The molecule has 0 aliphatic rings. The summed E-state index contributed by atoms with van der Waals surface area (Å²) < 4.78 is 0. The molecule has 0 aromatic heterocycles. The molecule has 3 heteroatoms. The van der Waals surface area contributed by atoms with Crippen molar-refractivity contribution in [2.45, 2.75) is 39.5 Å². The van der Waals surface area contributed by atoms with Gasteiger partial charge in [0.15, 0.2) is 0 Å². The Morgan fingerprint density at radius 3 is 2.04 bits per heavy atom. The number of rotatable bonds is 7. The maximum Gasteiger partial charge on any atom is 0.101 e. The Labute approximate surface area is 140 Å². The summed E-state index contributed by atoms with van der Waals surface area (Å²) >= 11 is 0. The van der Waals surface area contributed by atoms with Crippen LogP contribution in [0.15, 0.2) is 54.6 Å². The van der Waals surface area contributed by atoms with Gasteiger partial charge in [-0.05, 0) is 29.5 Å². The van der Waals surface area contributed by atoms with Crippen LogP contribution in [0.5, 0.6) is 0 Å². The fourth-order valence-corrected chi connectivity index (χ4v) is 2.97. The smallest absolute Gasteiger partial charge is 0.101 e. The van der Waals surface area contributed by atoms with Crippen molar-refractivity contribution in [2.24, 2.45) is 11.7 Å². The van der Waals surface area contributed by atoms with Gasteiger partial charge in [-0.3, -0.25) is 4.84 Å². The summed E-state index contributed by atoms with van der Waals surface area (Å²) in [5.74, 6) is 0.453. The molecule has 2 atom stereocenters. The fraction of sp³-hybridized carbons (Fsp3) is 0.400. The average Bonchev–Trinajstić information content (AvgIpc) is 2.55. The van der Waals surface area contributed by atoms with E-state index in [0.29, 0.717) is 12.5 Å². The molecule has 0 saturated heterocycles. The van der Waals surface area contributed by atoms with Gasteiger partial charge in [0.25, 0.3) is 0 Å². The van der Waals surface area contributed by atoms with E-state index in [1.165, 1.54) is 5.56 Å². The highest BCUT2D eigenvalue weighted by molar-refractivity contribution is 5.24. The van der Waals surface area contributed by atoms with Gasteiger partial charge in [-0.1, -0.05) is 68.4 Å². The van der Waals surface area contributed by atoms with E-state index in [4.69, 9.17) is 10.6 Å². The van der Waals surface area contributed by atoms with Crippen molar-refractivity contribution in [3.05, 3.63) is 71.3 Å². The second-order valence-electron chi connectivity index (χ2n) is 6.34. The molecule has 0 aliphatic carbocycles. The molecular formula is C20H28N2O. The van der Waals surface area contributed by atoms with Crippen LogP contribution in [0.2, 0.25) is 0 Å². The molecule has 124 valence electrons. The van der Waals surface area contributed by atoms with Crippen molar-refractivity contribution in [3.8, 4) is 0 Å². The highest BCUT2D eigenvalue weighted by Gasteiger charge is 2.23. The lowest BCUT2D eigenvalue weighted by Gasteiger charge is -2.33. The molecule has 0 bridgehead atoms. The van der Waals surface area contributed by atoms with E-state index >= 15 is 0 Å². The summed E-state index contributed by atoms with van der Waals surface area (Å²) in [6.07, 6.45) is -0.00298. The predicted octanol–water partition coefficient (Wildman–Crippen LogP) is 4.47. The lowest BCUT2D eigenvalue weighted by Crippen LogP contribution is -2.29. The molecule has 3 nitrogen and oxygen atoms in total. The SMILES string of the molecule is CC(ON(C)C(c1ccccc1)C(C)C)c1ccc(CN)cc1. The van der Waals surface area contributed by atoms with Crippen molar-refractivity contribution < 1.29 is 4.84 Å². The van der Waals surface area contributed by atoms with Gasteiger partial charge in [-0.25, -0.2) is 0 Å². The molecule has 0 saturated carbocycles. The monoisotopic (exact) mass is 312 g/mol. The molecular weight excluding hydrogens is 284 g/mol. The number of hydrogen-bond acceptors (Lipinski definition) is 3. The first-order chi connectivity index (χ1) is 11.0. The molecule has 2 aromatic carbocycles. The van der Waals surface area contributed by atoms with E-state index in [1.54, 1.807) is 0 Å². The molecule has 0 aliphatic heterocycles. The Balaban J connectivity index is 2.09. The molecule has 0 radical (unpaired) electrons. The summed E-state index contributed by atoms with van der Waals surface area (Å²) in [4.78, 5) is 6.19. The maximum absolute atomic E-state index is 6.19. The van der Waals surface area contributed by atoms with Crippen molar-refractivity contribution >= 4 is 0 Å². The minimum Gasteiger partial charge on any atom is -0.326 e. The minimum atomic E-state index is -0.00298. The third-order valence-corrected chi connectivity index (χ3v) is 4.17. The van der Waals surface area contributed by atoms with Crippen molar-refractivity contribution in [1.82, 2.24) is 5.06 Å². The highest BCUT2D eigenvalue weighted by atomic mass is 16.7. The molecule has 2 aromatic rings. The summed E-state index contributed by atoms with van der Waals surface area (Å²) in [6, 6.07) is 19.0. The standard InChI is InChI=1S/C20H28N2O/c1-15(2)20(19-8-6-5-7-9-19)22(4)23-16(3)18-12-10-17(14-21)11-13-18/h5-13,15-16,20H,14,21H2,1-4H3. The van der Waals surface area contributed by atoms with E-state index in [9.17, 15) is 0 Å². The number of hydrogen-bond donors (Lipinski definition) is 1. The zero-order chi connectivity index (χ0) is 16.8. The van der Waals surface area contributed by atoms with Gasteiger partial charge in [0.05, 0.1) is 6.04 Å². The second kappa shape index (κ2) is 8.25. The highest BCUT2D eigenvalue weighted by Crippen LogP contribution is 2.30. The average molecular weight is 312 g/mol. The Hall–Kier alpha value is -1.68. The summed E-state index contributed by atoms with van der Waals surface area (Å²) in [6.45, 7) is 7.09. The van der Waals surface area contributed by atoms with Crippen molar-refractivity contribution in [1.29, 1.82) is 0 Å². The van der Waals surface area contributed by atoms with Crippen LogP contribution in [0.25, 0.3) is 0 Å². The molecule has 0 fully saturated rings. The normalized spacial score (nSPS) is 14.2. The maximum atomic E-state index is 6.19. The van der Waals surface area contributed by atoms with E-state index in [1.807, 2.05) is 18.2 Å². The van der Waals surface area contributed by atoms with Gasteiger partial charge in [-0.2, -0.15) is 5.06 Å². The Bertz CT molecular complexity index is 580. The van der Waals surface area contributed by atoms with Crippen molar-refractivity contribution in [2.75, 3.05) is 7.05 Å². The van der Waals surface area contributed by atoms with Crippen LogP contribution < -0.4 is 5.73 Å². The number of hydroxylamine groups is 2. The van der Waals surface area contributed by atoms with Crippen LogP contribution in [0.1, 0.15) is 49.6 Å². The lowest BCUT2D eigenvalue weighted by atomic mass is 9.96. The predicted molar refractivity (Wildman–Crippen MR) is 95.6 cm³/mol. The van der Waals surface area contributed by atoms with Gasteiger partial charge in [0.2, 0.25) is 0 Å². The first kappa shape index (κ1) is 17.7. The van der Waals surface area contributed by atoms with Crippen LogP contribution in [-0.2, 0) is 11.4 Å². The number of nitrogens with two attached hydrogens (primary N) is 1. The zero-order valence-electron chi connectivity index (χ0n) is 14.6. The third kappa shape index (κ3) is 4.64. The van der Waals surface area contributed by atoms with Crippen LogP contribution >= 0.6 is 0 Å². The molecule has 0 spiro atoms. The topological polar surface area (TPSA) is 38.5 Å². The quantitative estimate of drug-likeness (QED) is 0.767. The Morgan fingerprint density at radius 2 is 1.52 bits per heavy atom. The molecule has 2 unspecified atom stereocenters. The van der Waals surface area contributed by atoms with E-state index in [-0.39, 0.29) is 12.1 Å². The van der Waals surface area contributed by atoms with Gasteiger partial charge in [-0.15, -0.1) is 0 Å². The Kier molecular flexibility index (Phi) is 6.34.